The van der Waals surface area contributed by atoms with E-state index in [1.165, 1.54) is 0 Å². The molecule has 0 bridgehead atoms. The maximum atomic E-state index is 10.9. The van der Waals surface area contributed by atoms with Gasteiger partial charge in [-0.2, -0.15) is 0 Å². The standard InChI is InChI=1S/C10H10N2O2/c1-7-8(6-13)12-9(11-7)4-3-5-10(12)14-2/h3-6H,1-2H3. The van der Waals surface area contributed by atoms with Crippen LogP contribution in [0.15, 0.2) is 18.2 Å². The van der Waals surface area contributed by atoms with E-state index >= 15 is 0 Å². The van der Waals surface area contributed by atoms with E-state index in [0.29, 0.717) is 17.3 Å². The van der Waals surface area contributed by atoms with Gasteiger partial charge < -0.3 is 4.74 Å². The second-order valence-corrected chi connectivity index (χ2v) is 2.96. The summed E-state index contributed by atoms with van der Waals surface area (Å²) in [6.07, 6.45) is 0.790. The second kappa shape index (κ2) is 3.14. The minimum atomic E-state index is 0.539. The molecule has 0 aliphatic heterocycles. The fourth-order valence-electron chi connectivity index (χ4n) is 1.50. The molecular weight excluding hydrogens is 180 g/mol. The molecule has 0 spiro atoms. The Morgan fingerprint density at radius 1 is 1.50 bits per heavy atom. The molecule has 0 N–H and O–H groups in total. The smallest absolute Gasteiger partial charge is 0.199 e. The molecule has 2 rings (SSSR count). The molecule has 0 saturated heterocycles. The zero-order chi connectivity index (χ0) is 10.1. The highest BCUT2D eigenvalue weighted by molar-refractivity contribution is 5.76. The van der Waals surface area contributed by atoms with Gasteiger partial charge in [0.1, 0.15) is 11.3 Å². The van der Waals surface area contributed by atoms with Gasteiger partial charge in [-0.1, -0.05) is 6.07 Å². The van der Waals surface area contributed by atoms with Gasteiger partial charge in [-0.15, -0.1) is 0 Å². The summed E-state index contributed by atoms with van der Waals surface area (Å²) in [6, 6.07) is 5.47. The Morgan fingerprint density at radius 2 is 2.29 bits per heavy atom. The van der Waals surface area contributed by atoms with Crippen LogP contribution in [-0.2, 0) is 0 Å². The number of carbonyl (C=O) groups is 1. The van der Waals surface area contributed by atoms with Crippen LogP contribution in [0.2, 0.25) is 0 Å². The van der Waals surface area contributed by atoms with E-state index in [1.807, 2.05) is 12.1 Å². The van der Waals surface area contributed by atoms with E-state index in [0.717, 1.165) is 11.9 Å². The number of carbonyl (C=O) groups excluding carboxylic acids is 1. The van der Waals surface area contributed by atoms with Crippen molar-refractivity contribution in [3.63, 3.8) is 0 Å². The van der Waals surface area contributed by atoms with Crippen LogP contribution in [0.4, 0.5) is 0 Å². The van der Waals surface area contributed by atoms with E-state index in [-0.39, 0.29) is 0 Å². The van der Waals surface area contributed by atoms with Gasteiger partial charge in [-0.05, 0) is 19.1 Å². The van der Waals surface area contributed by atoms with Crippen LogP contribution in [0.5, 0.6) is 5.88 Å². The van der Waals surface area contributed by atoms with Crippen LogP contribution < -0.4 is 4.74 Å². The number of imidazole rings is 1. The number of hydrogen-bond donors (Lipinski definition) is 0. The maximum absolute atomic E-state index is 10.9. The molecule has 0 aliphatic carbocycles. The normalized spacial score (nSPS) is 10.4. The zero-order valence-electron chi connectivity index (χ0n) is 8.02. The van der Waals surface area contributed by atoms with Crippen LogP contribution in [0, 0.1) is 6.92 Å². The van der Waals surface area contributed by atoms with E-state index in [1.54, 1.807) is 24.5 Å². The molecule has 0 unspecified atom stereocenters. The van der Waals surface area contributed by atoms with Crippen molar-refractivity contribution in [2.75, 3.05) is 7.11 Å². The summed E-state index contributed by atoms with van der Waals surface area (Å²) in [6.45, 7) is 1.80. The zero-order valence-corrected chi connectivity index (χ0v) is 8.02. The molecule has 14 heavy (non-hydrogen) atoms. The third-order valence-corrected chi connectivity index (χ3v) is 2.15. The molecule has 4 heteroatoms. The van der Waals surface area contributed by atoms with Crippen molar-refractivity contribution in [2.45, 2.75) is 6.92 Å². The lowest BCUT2D eigenvalue weighted by molar-refractivity contribution is 0.111. The molecule has 4 nitrogen and oxygen atoms in total. The summed E-state index contributed by atoms with van der Waals surface area (Å²) in [5, 5.41) is 0. The third-order valence-electron chi connectivity index (χ3n) is 2.15. The first-order chi connectivity index (χ1) is 6.77. The summed E-state index contributed by atoms with van der Waals surface area (Å²) in [4.78, 5) is 15.1. The average Bonchev–Trinajstić information content (AvgIpc) is 2.52. The first-order valence-corrected chi connectivity index (χ1v) is 4.25. The van der Waals surface area contributed by atoms with Crippen LogP contribution >= 0.6 is 0 Å². The third kappa shape index (κ3) is 1.08. The molecule has 2 aromatic heterocycles. The number of aryl methyl sites for hydroxylation is 1. The van der Waals surface area contributed by atoms with Crippen molar-refractivity contribution in [1.82, 2.24) is 9.38 Å². The van der Waals surface area contributed by atoms with Gasteiger partial charge in [0.2, 0.25) is 0 Å². The van der Waals surface area contributed by atoms with E-state index in [4.69, 9.17) is 4.74 Å². The first-order valence-electron chi connectivity index (χ1n) is 4.25. The fourth-order valence-corrected chi connectivity index (χ4v) is 1.50. The van der Waals surface area contributed by atoms with Crippen LogP contribution in [0.1, 0.15) is 16.2 Å². The molecule has 0 saturated carbocycles. The first kappa shape index (κ1) is 8.74. The topological polar surface area (TPSA) is 43.6 Å². The highest BCUT2D eigenvalue weighted by atomic mass is 16.5. The molecule has 2 heterocycles. The summed E-state index contributed by atoms with van der Waals surface area (Å²) >= 11 is 0. The van der Waals surface area contributed by atoms with Crippen molar-refractivity contribution in [3.05, 3.63) is 29.6 Å². The molecule has 0 atom stereocenters. The Kier molecular flexibility index (Phi) is 1.96. The molecule has 0 amide bonds. The van der Waals surface area contributed by atoms with Crippen molar-refractivity contribution in [2.24, 2.45) is 0 Å². The average molecular weight is 190 g/mol. The van der Waals surface area contributed by atoms with Crippen molar-refractivity contribution >= 4 is 11.9 Å². The van der Waals surface area contributed by atoms with Crippen LogP contribution in [-0.4, -0.2) is 22.8 Å². The van der Waals surface area contributed by atoms with Gasteiger partial charge in [0.15, 0.2) is 12.2 Å². The van der Waals surface area contributed by atoms with Gasteiger partial charge in [0.05, 0.1) is 12.8 Å². The predicted octanol–water partition coefficient (Wildman–Crippen LogP) is 1.46. The minimum Gasteiger partial charge on any atom is -0.482 e. The van der Waals surface area contributed by atoms with Crippen molar-refractivity contribution in [3.8, 4) is 5.88 Å². The predicted molar refractivity (Wildman–Crippen MR) is 51.9 cm³/mol. The highest BCUT2D eigenvalue weighted by Gasteiger charge is 2.10. The molecular formula is C10H10N2O2. The molecule has 0 fully saturated rings. The molecule has 0 aromatic carbocycles. The Bertz CT molecular complexity index is 488. The van der Waals surface area contributed by atoms with E-state index < -0.39 is 0 Å². The van der Waals surface area contributed by atoms with Gasteiger partial charge in [0.25, 0.3) is 0 Å². The largest absolute Gasteiger partial charge is 0.482 e. The van der Waals surface area contributed by atoms with Crippen molar-refractivity contribution < 1.29 is 9.53 Å². The Morgan fingerprint density at radius 3 is 2.93 bits per heavy atom. The lowest BCUT2D eigenvalue weighted by Crippen LogP contribution is -1.97. The van der Waals surface area contributed by atoms with Crippen LogP contribution in [0.25, 0.3) is 5.65 Å². The van der Waals surface area contributed by atoms with Gasteiger partial charge >= 0.3 is 0 Å². The SMILES string of the molecule is COc1cccc2nc(C)c(C=O)n12. The molecule has 0 radical (unpaired) electrons. The highest BCUT2D eigenvalue weighted by Crippen LogP contribution is 2.18. The number of hydrogen-bond acceptors (Lipinski definition) is 3. The Hall–Kier alpha value is -1.84. The number of fused-ring (bicyclic) bond motifs is 1. The number of methoxy groups -OCH3 is 1. The number of pyridine rings is 1. The Labute approximate surface area is 81.1 Å². The second-order valence-electron chi connectivity index (χ2n) is 2.96. The Balaban J connectivity index is 2.89. The lowest BCUT2D eigenvalue weighted by Gasteiger charge is -2.03. The molecule has 0 aliphatic rings. The summed E-state index contributed by atoms with van der Waals surface area (Å²) < 4.78 is 6.84. The summed E-state index contributed by atoms with van der Waals surface area (Å²) in [7, 11) is 1.57. The molecule has 2 aromatic rings. The van der Waals surface area contributed by atoms with E-state index in [2.05, 4.69) is 4.98 Å². The number of aromatic nitrogens is 2. The van der Waals surface area contributed by atoms with Gasteiger partial charge in [-0.25, -0.2) is 4.98 Å². The number of nitrogens with zero attached hydrogens (tertiary/aromatic N) is 2. The van der Waals surface area contributed by atoms with E-state index in [9.17, 15) is 4.79 Å². The fraction of sp³-hybridized carbons (Fsp3) is 0.200. The monoisotopic (exact) mass is 190 g/mol. The summed E-state index contributed by atoms with van der Waals surface area (Å²) in [5.74, 6) is 0.616. The summed E-state index contributed by atoms with van der Waals surface area (Å²) in [5.41, 5.74) is 1.98. The lowest BCUT2D eigenvalue weighted by atomic mass is 10.4. The van der Waals surface area contributed by atoms with Crippen LogP contribution in [0.3, 0.4) is 0 Å². The number of ether oxygens (including phenoxy) is 1. The van der Waals surface area contributed by atoms with Crippen molar-refractivity contribution in [1.29, 1.82) is 0 Å². The van der Waals surface area contributed by atoms with Gasteiger partial charge in [0, 0.05) is 0 Å². The quantitative estimate of drug-likeness (QED) is 0.673. The van der Waals surface area contributed by atoms with Gasteiger partial charge in [-0.3, -0.25) is 9.20 Å². The number of rotatable bonds is 2. The maximum Gasteiger partial charge on any atom is 0.199 e. The molecule has 72 valence electrons. The number of aldehydes is 1. The minimum absolute atomic E-state index is 0.539.